The number of nitrogen functional groups attached to an aromatic ring is 1. The van der Waals surface area contributed by atoms with Gasteiger partial charge in [-0.2, -0.15) is 4.98 Å². The Morgan fingerprint density at radius 1 is 1.32 bits per heavy atom. The third kappa shape index (κ3) is 4.28. The molecular weight excluding hydrogens is 242 g/mol. The van der Waals surface area contributed by atoms with Crippen LogP contribution in [0.5, 0.6) is 5.88 Å². The van der Waals surface area contributed by atoms with Gasteiger partial charge in [0.25, 0.3) is 0 Å². The Morgan fingerprint density at radius 3 is 2.63 bits per heavy atom. The van der Waals surface area contributed by atoms with Crippen LogP contribution in [0.2, 0.25) is 0 Å². The molecule has 0 atom stereocenters. The highest BCUT2D eigenvalue weighted by atomic mass is 16.5. The van der Waals surface area contributed by atoms with Crippen LogP contribution in [0.4, 0.5) is 11.5 Å². The van der Waals surface area contributed by atoms with E-state index in [4.69, 9.17) is 15.2 Å². The summed E-state index contributed by atoms with van der Waals surface area (Å²) in [5.41, 5.74) is 6.15. The molecule has 5 heteroatoms. The number of hydrogen-bond donors (Lipinski definition) is 2. The van der Waals surface area contributed by atoms with E-state index in [0.29, 0.717) is 17.6 Å². The van der Waals surface area contributed by atoms with Crippen LogP contribution >= 0.6 is 0 Å². The Kier molecular flexibility index (Phi) is 4.14. The molecule has 0 saturated carbocycles. The SMILES string of the molecule is CC(C)(C)Oc1nc(NC2CCOCC2)ccc1N. The number of pyridine rings is 1. The Balaban J connectivity index is 2.07. The zero-order valence-corrected chi connectivity index (χ0v) is 11.9. The first-order chi connectivity index (χ1) is 8.94. The van der Waals surface area contributed by atoms with Crippen LogP contribution < -0.4 is 15.8 Å². The quantitative estimate of drug-likeness (QED) is 0.878. The lowest BCUT2D eigenvalue weighted by molar-refractivity contribution is 0.0903. The second kappa shape index (κ2) is 5.65. The van der Waals surface area contributed by atoms with E-state index < -0.39 is 0 Å². The topological polar surface area (TPSA) is 69.4 Å². The molecule has 1 fully saturated rings. The number of nitrogens with zero attached hydrogens (tertiary/aromatic N) is 1. The van der Waals surface area contributed by atoms with Crippen molar-refractivity contribution in [2.75, 3.05) is 24.3 Å². The summed E-state index contributed by atoms with van der Waals surface area (Å²) in [7, 11) is 0. The minimum absolute atomic E-state index is 0.307. The van der Waals surface area contributed by atoms with Crippen LogP contribution in [0.1, 0.15) is 33.6 Å². The van der Waals surface area contributed by atoms with Crippen LogP contribution in [0.25, 0.3) is 0 Å². The maximum absolute atomic E-state index is 5.89. The van der Waals surface area contributed by atoms with E-state index in [9.17, 15) is 0 Å². The molecule has 1 aromatic rings. The summed E-state index contributed by atoms with van der Waals surface area (Å²) in [4.78, 5) is 4.45. The predicted molar refractivity (Wildman–Crippen MR) is 76.5 cm³/mol. The van der Waals surface area contributed by atoms with Gasteiger partial charge in [0.05, 0.1) is 5.69 Å². The maximum Gasteiger partial charge on any atom is 0.239 e. The molecule has 0 aromatic carbocycles. The van der Waals surface area contributed by atoms with Crippen molar-refractivity contribution in [3.8, 4) is 5.88 Å². The summed E-state index contributed by atoms with van der Waals surface area (Å²) in [6.45, 7) is 7.54. The average Bonchev–Trinajstić information content (AvgIpc) is 2.33. The van der Waals surface area contributed by atoms with Gasteiger partial charge in [-0.1, -0.05) is 0 Å². The third-order valence-corrected chi connectivity index (χ3v) is 2.87. The van der Waals surface area contributed by atoms with Crippen molar-refractivity contribution in [2.24, 2.45) is 0 Å². The Hall–Kier alpha value is -1.49. The van der Waals surface area contributed by atoms with Gasteiger partial charge in [0.1, 0.15) is 11.4 Å². The fourth-order valence-corrected chi connectivity index (χ4v) is 1.95. The second-order valence-corrected chi connectivity index (χ2v) is 5.84. The summed E-state index contributed by atoms with van der Waals surface area (Å²) in [5, 5.41) is 3.41. The fraction of sp³-hybridized carbons (Fsp3) is 0.643. The van der Waals surface area contributed by atoms with Gasteiger partial charge in [0.15, 0.2) is 0 Å². The molecule has 0 spiro atoms. The van der Waals surface area contributed by atoms with Crippen molar-refractivity contribution in [3.63, 3.8) is 0 Å². The Labute approximate surface area is 114 Å². The first kappa shape index (κ1) is 13.9. The monoisotopic (exact) mass is 265 g/mol. The summed E-state index contributed by atoms with van der Waals surface area (Å²) in [6.07, 6.45) is 2.00. The molecule has 19 heavy (non-hydrogen) atoms. The number of aromatic nitrogens is 1. The molecule has 0 amide bonds. The van der Waals surface area contributed by atoms with Gasteiger partial charge >= 0.3 is 0 Å². The lowest BCUT2D eigenvalue weighted by Crippen LogP contribution is -2.28. The van der Waals surface area contributed by atoms with Gasteiger partial charge in [-0.3, -0.25) is 0 Å². The molecule has 0 bridgehead atoms. The molecule has 1 saturated heterocycles. The van der Waals surface area contributed by atoms with Gasteiger partial charge in [-0.25, -0.2) is 0 Å². The van der Waals surface area contributed by atoms with E-state index in [0.717, 1.165) is 31.9 Å². The molecule has 0 unspecified atom stereocenters. The highest BCUT2D eigenvalue weighted by molar-refractivity contribution is 5.54. The second-order valence-electron chi connectivity index (χ2n) is 5.84. The van der Waals surface area contributed by atoms with Gasteiger partial charge in [-0.05, 0) is 45.7 Å². The smallest absolute Gasteiger partial charge is 0.239 e. The van der Waals surface area contributed by atoms with Crippen molar-refractivity contribution < 1.29 is 9.47 Å². The molecule has 0 aliphatic carbocycles. The molecule has 2 heterocycles. The molecular formula is C14H23N3O2. The van der Waals surface area contributed by atoms with Crippen LogP contribution in [0.15, 0.2) is 12.1 Å². The van der Waals surface area contributed by atoms with Crippen LogP contribution in [-0.4, -0.2) is 29.8 Å². The molecule has 5 nitrogen and oxygen atoms in total. The van der Waals surface area contributed by atoms with E-state index in [1.54, 1.807) is 0 Å². The van der Waals surface area contributed by atoms with Gasteiger partial charge in [0, 0.05) is 19.3 Å². The van der Waals surface area contributed by atoms with E-state index in [1.807, 2.05) is 32.9 Å². The fourth-order valence-electron chi connectivity index (χ4n) is 1.95. The highest BCUT2D eigenvalue weighted by Crippen LogP contribution is 2.25. The minimum Gasteiger partial charge on any atom is -0.470 e. The van der Waals surface area contributed by atoms with Crippen molar-refractivity contribution in [1.29, 1.82) is 0 Å². The van der Waals surface area contributed by atoms with Gasteiger partial charge in [-0.15, -0.1) is 0 Å². The zero-order valence-electron chi connectivity index (χ0n) is 11.9. The van der Waals surface area contributed by atoms with Crippen molar-refractivity contribution >= 4 is 11.5 Å². The number of ether oxygens (including phenoxy) is 2. The molecule has 0 radical (unpaired) electrons. The molecule has 1 aliphatic heterocycles. The van der Waals surface area contributed by atoms with Crippen molar-refractivity contribution in [3.05, 3.63) is 12.1 Å². The number of nitrogens with one attached hydrogen (secondary N) is 1. The number of anilines is 2. The van der Waals surface area contributed by atoms with E-state index in [-0.39, 0.29) is 5.60 Å². The van der Waals surface area contributed by atoms with Crippen LogP contribution in [0, 0.1) is 0 Å². The minimum atomic E-state index is -0.307. The first-order valence-corrected chi connectivity index (χ1v) is 6.74. The maximum atomic E-state index is 5.89. The summed E-state index contributed by atoms with van der Waals surface area (Å²) in [5.74, 6) is 1.30. The van der Waals surface area contributed by atoms with Gasteiger partial charge < -0.3 is 20.5 Å². The molecule has 1 aliphatic rings. The lowest BCUT2D eigenvalue weighted by Gasteiger charge is -2.25. The largest absolute Gasteiger partial charge is 0.470 e. The van der Waals surface area contributed by atoms with E-state index >= 15 is 0 Å². The number of nitrogens with two attached hydrogens (primary N) is 1. The Morgan fingerprint density at radius 2 is 2.00 bits per heavy atom. The van der Waals surface area contributed by atoms with Crippen molar-refractivity contribution in [2.45, 2.75) is 45.3 Å². The van der Waals surface area contributed by atoms with Crippen LogP contribution in [0.3, 0.4) is 0 Å². The normalized spacial score (nSPS) is 17.2. The average molecular weight is 265 g/mol. The molecule has 2 rings (SSSR count). The lowest BCUT2D eigenvalue weighted by atomic mass is 10.1. The number of hydrogen-bond acceptors (Lipinski definition) is 5. The first-order valence-electron chi connectivity index (χ1n) is 6.74. The van der Waals surface area contributed by atoms with Crippen molar-refractivity contribution in [1.82, 2.24) is 4.98 Å². The van der Waals surface area contributed by atoms with Gasteiger partial charge in [0.2, 0.25) is 5.88 Å². The summed E-state index contributed by atoms with van der Waals surface area (Å²) >= 11 is 0. The zero-order chi connectivity index (χ0) is 13.9. The molecule has 106 valence electrons. The highest BCUT2D eigenvalue weighted by Gasteiger charge is 2.17. The molecule has 1 aromatic heterocycles. The van der Waals surface area contributed by atoms with Crippen LogP contribution in [-0.2, 0) is 4.74 Å². The summed E-state index contributed by atoms with van der Waals surface area (Å²) in [6, 6.07) is 4.13. The predicted octanol–water partition coefficient (Wildman–Crippen LogP) is 2.43. The standard InChI is InChI=1S/C14H23N3O2/c1-14(2,3)19-13-11(15)4-5-12(17-13)16-10-6-8-18-9-7-10/h4-5,10H,6-9,15H2,1-3H3,(H,16,17). The third-order valence-electron chi connectivity index (χ3n) is 2.87. The molecule has 3 N–H and O–H groups in total. The van der Waals surface area contributed by atoms with E-state index in [1.165, 1.54) is 0 Å². The van der Waals surface area contributed by atoms with E-state index in [2.05, 4.69) is 10.3 Å². The summed E-state index contributed by atoms with van der Waals surface area (Å²) < 4.78 is 11.1. The Bertz CT molecular complexity index is 423. The number of rotatable bonds is 3.